The Morgan fingerprint density at radius 1 is 1.27 bits per heavy atom. The lowest BCUT2D eigenvalue weighted by Crippen LogP contribution is -2.31. The zero-order valence-electron chi connectivity index (χ0n) is 11.5. The summed E-state index contributed by atoms with van der Waals surface area (Å²) in [6.45, 7) is -1.11. The summed E-state index contributed by atoms with van der Waals surface area (Å²) in [5, 5.41) is 0.233. The van der Waals surface area contributed by atoms with Crippen molar-refractivity contribution in [3.8, 4) is 11.1 Å². The Morgan fingerprint density at radius 3 is 2.50 bits per heavy atom. The predicted octanol–water partition coefficient (Wildman–Crippen LogP) is 4.12. The van der Waals surface area contributed by atoms with Crippen LogP contribution in [0.1, 0.15) is 0 Å². The zero-order chi connectivity index (χ0) is 16.5. The number of nitrogens with two attached hydrogens (primary N) is 1. The Labute approximate surface area is 129 Å². The van der Waals surface area contributed by atoms with E-state index in [9.17, 15) is 17.6 Å². The van der Waals surface area contributed by atoms with E-state index in [0.717, 1.165) is 11.0 Å². The van der Waals surface area contributed by atoms with Gasteiger partial charge >= 0.3 is 6.18 Å². The van der Waals surface area contributed by atoms with Crippen molar-refractivity contribution in [1.29, 1.82) is 0 Å². The van der Waals surface area contributed by atoms with Gasteiger partial charge < -0.3 is 10.6 Å². The fourth-order valence-corrected chi connectivity index (χ4v) is 2.19. The summed E-state index contributed by atoms with van der Waals surface area (Å²) in [7, 11) is 1.28. The normalized spacial score (nSPS) is 11.5. The molecule has 0 aliphatic rings. The van der Waals surface area contributed by atoms with Gasteiger partial charge in [-0.1, -0.05) is 11.6 Å². The van der Waals surface area contributed by atoms with Crippen LogP contribution >= 0.6 is 11.6 Å². The molecule has 2 aromatic rings. The Kier molecular flexibility index (Phi) is 4.46. The second kappa shape index (κ2) is 6.00. The molecule has 2 N–H and O–H groups in total. The smallest absolute Gasteiger partial charge is 0.396 e. The van der Waals surface area contributed by atoms with Crippen molar-refractivity contribution in [2.45, 2.75) is 6.18 Å². The first-order chi connectivity index (χ1) is 10.2. The molecule has 118 valence electrons. The van der Waals surface area contributed by atoms with Gasteiger partial charge in [0.05, 0.1) is 10.7 Å². The molecule has 0 spiro atoms. The third-order valence-electron chi connectivity index (χ3n) is 2.95. The standard InChI is InChI=1S/C14H12ClF4N3/c1-22(7-14(17,18)19)13-3-2-8(6-21-13)9-4-11(16)12(20)5-10(9)15/h2-6H,7,20H2,1H3. The van der Waals surface area contributed by atoms with E-state index in [1.54, 1.807) is 0 Å². The third-order valence-corrected chi connectivity index (χ3v) is 3.27. The summed E-state index contributed by atoms with van der Waals surface area (Å²) in [6, 6.07) is 5.36. The number of nitrogens with zero attached hydrogens (tertiary/aromatic N) is 2. The quantitative estimate of drug-likeness (QED) is 0.678. The van der Waals surface area contributed by atoms with Gasteiger partial charge in [-0.25, -0.2) is 9.37 Å². The molecule has 0 saturated heterocycles. The lowest BCUT2D eigenvalue weighted by atomic mass is 10.1. The number of halogens is 5. The first-order valence-electron chi connectivity index (χ1n) is 6.16. The predicted molar refractivity (Wildman–Crippen MR) is 78.4 cm³/mol. The molecule has 1 aromatic carbocycles. The van der Waals surface area contributed by atoms with Crippen LogP contribution in [0.4, 0.5) is 29.1 Å². The average molecular weight is 334 g/mol. The maximum absolute atomic E-state index is 13.5. The fraction of sp³-hybridized carbons (Fsp3) is 0.214. The Hall–Kier alpha value is -2.02. The van der Waals surface area contributed by atoms with E-state index in [1.807, 2.05) is 0 Å². The molecule has 0 unspecified atom stereocenters. The maximum Gasteiger partial charge on any atom is 0.405 e. The summed E-state index contributed by atoms with van der Waals surface area (Å²) in [6.07, 6.45) is -2.99. The van der Waals surface area contributed by atoms with Crippen molar-refractivity contribution in [3.05, 3.63) is 41.3 Å². The van der Waals surface area contributed by atoms with E-state index >= 15 is 0 Å². The SMILES string of the molecule is CN(CC(F)(F)F)c1ccc(-c2cc(F)c(N)cc2Cl)cn1. The molecule has 8 heteroatoms. The number of rotatable bonds is 3. The fourth-order valence-electron chi connectivity index (χ4n) is 1.90. The number of alkyl halides is 3. The van der Waals surface area contributed by atoms with Gasteiger partial charge in [0.15, 0.2) is 0 Å². The van der Waals surface area contributed by atoms with Gasteiger partial charge in [-0.3, -0.25) is 0 Å². The molecular formula is C14H12ClF4N3. The highest BCUT2D eigenvalue weighted by Gasteiger charge is 2.29. The van der Waals surface area contributed by atoms with Crippen molar-refractivity contribution >= 4 is 23.1 Å². The number of pyridine rings is 1. The van der Waals surface area contributed by atoms with E-state index in [0.29, 0.717) is 11.1 Å². The summed E-state index contributed by atoms with van der Waals surface area (Å²) in [5.41, 5.74) is 6.17. The summed E-state index contributed by atoms with van der Waals surface area (Å²) in [4.78, 5) is 4.91. The second-order valence-corrected chi connectivity index (χ2v) is 5.14. The molecule has 3 nitrogen and oxygen atoms in total. The molecule has 1 heterocycles. The molecule has 2 rings (SSSR count). The lowest BCUT2D eigenvalue weighted by Gasteiger charge is -2.20. The van der Waals surface area contributed by atoms with Crippen molar-refractivity contribution < 1.29 is 17.6 Å². The highest BCUT2D eigenvalue weighted by Crippen LogP contribution is 2.31. The molecule has 0 aliphatic heterocycles. The average Bonchev–Trinajstić information content (AvgIpc) is 2.41. The molecular weight excluding hydrogens is 322 g/mol. The Morgan fingerprint density at radius 2 is 1.95 bits per heavy atom. The Balaban J connectivity index is 2.28. The van der Waals surface area contributed by atoms with Crippen molar-refractivity contribution in [2.24, 2.45) is 0 Å². The van der Waals surface area contributed by atoms with Gasteiger partial charge in [0.25, 0.3) is 0 Å². The number of aromatic nitrogens is 1. The summed E-state index contributed by atoms with van der Waals surface area (Å²) >= 11 is 5.99. The third kappa shape index (κ3) is 3.79. The molecule has 0 bridgehead atoms. The topological polar surface area (TPSA) is 42.1 Å². The van der Waals surface area contributed by atoms with E-state index < -0.39 is 18.5 Å². The van der Waals surface area contributed by atoms with Crippen LogP contribution < -0.4 is 10.6 Å². The lowest BCUT2D eigenvalue weighted by molar-refractivity contribution is -0.119. The van der Waals surface area contributed by atoms with Crippen LogP contribution in [0.5, 0.6) is 0 Å². The van der Waals surface area contributed by atoms with Gasteiger partial charge in [-0.2, -0.15) is 13.2 Å². The number of hydrogen-bond acceptors (Lipinski definition) is 3. The molecule has 0 saturated carbocycles. The first kappa shape index (κ1) is 16.4. The van der Waals surface area contributed by atoms with E-state index in [4.69, 9.17) is 17.3 Å². The first-order valence-corrected chi connectivity index (χ1v) is 6.54. The molecule has 1 aromatic heterocycles. The van der Waals surface area contributed by atoms with Gasteiger partial charge in [-0.05, 0) is 24.3 Å². The van der Waals surface area contributed by atoms with Crippen LogP contribution in [0.3, 0.4) is 0 Å². The molecule has 0 radical (unpaired) electrons. The molecule has 0 amide bonds. The second-order valence-electron chi connectivity index (χ2n) is 4.73. The van der Waals surface area contributed by atoms with Gasteiger partial charge in [0.2, 0.25) is 0 Å². The van der Waals surface area contributed by atoms with Crippen LogP contribution in [0, 0.1) is 5.82 Å². The van der Waals surface area contributed by atoms with E-state index in [1.165, 1.54) is 31.4 Å². The Bertz CT molecular complexity index is 671. The number of hydrogen-bond donors (Lipinski definition) is 1. The van der Waals surface area contributed by atoms with Crippen LogP contribution in [0.15, 0.2) is 30.5 Å². The minimum atomic E-state index is -4.32. The van der Waals surface area contributed by atoms with Gasteiger partial charge in [0.1, 0.15) is 18.2 Å². The largest absolute Gasteiger partial charge is 0.405 e. The zero-order valence-corrected chi connectivity index (χ0v) is 12.2. The molecule has 22 heavy (non-hydrogen) atoms. The number of anilines is 2. The van der Waals surface area contributed by atoms with Gasteiger partial charge in [-0.15, -0.1) is 0 Å². The number of benzene rings is 1. The highest BCUT2D eigenvalue weighted by molar-refractivity contribution is 6.33. The highest BCUT2D eigenvalue weighted by atomic mass is 35.5. The van der Waals surface area contributed by atoms with Crippen LogP contribution in [0.2, 0.25) is 5.02 Å². The van der Waals surface area contributed by atoms with Crippen molar-refractivity contribution in [2.75, 3.05) is 24.2 Å². The summed E-state index contributed by atoms with van der Waals surface area (Å²) in [5.74, 6) is -0.481. The van der Waals surface area contributed by atoms with Crippen molar-refractivity contribution in [3.63, 3.8) is 0 Å². The molecule has 0 fully saturated rings. The minimum absolute atomic E-state index is 0.0803. The monoisotopic (exact) mass is 333 g/mol. The van der Waals surface area contributed by atoms with Gasteiger partial charge in [0, 0.05) is 24.4 Å². The van der Waals surface area contributed by atoms with Crippen LogP contribution in [-0.2, 0) is 0 Å². The molecule has 0 atom stereocenters. The van der Waals surface area contributed by atoms with Crippen molar-refractivity contribution in [1.82, 2.24) is 4.98 Å². The maximum atomic E-state index is 13.5. The molecule has 0 aliphatic carbocycles. The van der Waals surface area contributed by atoms with Crippen LogP contribution in [-0.4, -0.2) is 24.8 Å². The summed E-state index contributed by atoms with van der Waals surface area (Å²) < 4.78 is 50.5. The van der Waals surface area contributed by atoms with E-state index in [-0.39, 0.29) is 16.5 Å². The number of nitrogen functional groups attached to an aromatic ring is 1. The van der Waals surface area contributed by atoms with Crippen LogP contribution in [0.25, 0.3) is 11.1 Å². The minimum Gasteiger partial charge on any atom is -0.396 e. The van der Waals surface area contributed by atoms with E-state index in [2.05, 4.69) is 4.98 Å².